The third-order valence-electron chi connectivity index (χ3n) is 7.35. The lowest BCUT2D eigenvalue weighted by Crippen LogP contribution is -2.27. The standard InChI is InChI=1S/C34H35F2N3O7S/c1-20(2)39-29(16-13-26(40)17-27(41)18-30(42)43)31(22-5-9-24(35)10-6-22)32(23-7-11-25(36)12-8-23)33(39)34(44)38-19-21-3-14-28(15-4-21)47(37,45)46/h3-16,20,26-27,40-41H,17-19H2,1-2H3,(H,38,44)(H,42,43)(H2,37,45,46)/b16-13+/t26-,27-/m1/s1. The van der Waals surface area contributed by atoms with E-state index in [0.717, 1.165) is 0 Å². The first-order valence-corrected chi connectivity index (χ1v) is 16.2. The molecule has 6 N–H and O–H groups in total. The Labute approximate surface area is 270 Å². The van der Waals surface area contributed by atoms with Crippen LogP contribution < -0.4 is 10.5 Å². The Kier molecular flexibility index (Phi) is 11.1. The molecule has 0 saturated carbocycles. The maximum Gasteiger partial charge on any atom is 0.305 e. The summed E-state index contributed by atoms with van der Waals surface area (Å²) in [5.41, 5.74) is 3.04. The average molecular weight is 668 g/mol. The molecule has 0 unspecified atom stereocenters. The fraction of sp³-hybridized carbons (Fsp3) is 0.235. The molecule has 47 heavy (non-hydrogen) atoms. The lowest BCUT2D eigenvalue weighted by Gasteiger charge is -2.17. The molecule has 0 saturated heterocycles. The molecular formula is C34H35F2N3O7S. The van der Waals surface area contributed by atoms with Crippen LogP contribution in [0.1, 0.15) is 54.5 Å². The molecule has 1 heterocycles. The maximum atomic E-state index is 14.1. The number of aliphatic carboxylic acids is 1. The summed E-state index contributed by atoms with van der Waals surface area (Å²) in [4.78, 5) is 25.0. The van der Waals surface area contributed by atoms with Gasteiger partial charge in [0, 0.05) is 35.8 Å². The minimum Gasteiger partial charge on any atom is -0.481 e. The van der Waals surface area contributed by atoms with E-state index < -0.39 is 52.2 Å². The average Bonchev–Trinajstić information content (AvgIpc) is 3.34. The second-order valence-electron chi connectivity index (χ2n) is 11.2. The molecule has 1 aromatic heterocycles. The largest absolute Gasteiger partial charge is 0.481 e. The zero-order valence-corrected chi connectivity index (χ0v) is 26.4. The number of nitrogens with one attached hydrogen (secondary N) is 1. The molecule has 0 spiro atoms. The first kappa shape index (κ1) is 35.2. The topological polar surface area (TPSA) is 172 Å². The zero-order valence-electron chi connectivity index (χ0n) is 25.6. The number of hydrogen-bond donors (Lipinski definition) is 5. The Hall–Kier alpha value is -4.69. The van der Waals surface area contributed by atoms with Gasteiger partial charge in [0.15, 0.2) is 0 Å². The van der Waals surface area contributed by atoms with Crippen molar-refractivity contribution in [2.45, 2.75) is 56.4 Å². The van der Waals surface area contributed by atoms with E-state index in [9.17, 15) is 37.0 Å². The molecule has 1 amide bonds. The Morgan fingerprint density at radius 3 is 1.91 bits per heavy atom. The van der Waals surface area contributed by atoms with Gasteiger partial charge in [-0.05, 0) is 73.0 Å². The van der Waals surface area contributed by atoms with Crippen LogP contribution in [0.3, 0.4) is 0 Å². The van der Waals surface area contributed by atoms with E-state index in [-0.39, 0.29) is 29.6 Å². The molecular weight excluding hydrogens is 632 g/mol. The highest BCUT2D eigenvalue weighted by Crippen LogP contribution is 2.42. The highest BCUT2D eigenvalue weighted by molar-refractivity contribution is 7.89. The SMILES string of the molecule is CC(C)n1c(/C=C/[C@@H](O)C[C@@H](O)CC(=O)O)c(-c2ccc(F)cc2)c(-c2ccc(F)cc2)c1C(=O)NCc1ccc(S(N)(=O)=O)cc1. The number of amides is 1. The van der Waals surface area contributed by atoms with E-state index in [0.29, 0.717) is 33.5 Å². The molecule has 10 nitrogen and oxygen atoms in total. The monoisotopic (exact) mass is 667 g/mol. The van der Waals surface area contributed by atoms with Crippen molar-refractivity contribution in [3.05, 3.63) is 107 Å². The van der Waals surface area contributed by atoms with Crippen molar-refractivity contribution in [1.82, 2.24) is 9.88 Å². The van der Waals surface area contributed by atoms with Gasteiger partial charge < -0.3 is 25.2 Å². The quantitative estimate of drug-likeness (QED) is 0.136. The van der Waals surface area contributed by atoms with E-state index in [1.165, 1.54) is 78.9 Å². The molecule has 4 rings (SSSR count). The van der Waals surface area contributed by atoms with E-state index in [1.807, 2.05) is 13.8 Å². The van der Waals surface area contributed by atoms with Crippen molar-refractivity contribution in [2.24, 2.45) is 5.14 Å². The summed E-state index contributed by atoms with van der Waals surface area (Å²) in [7, 11) is -3.91. The number of aliphatic hydroxyl groups is 2. The number of rotatable bonds is 13. The number of carboxylic acids is 1. The molecule has 0 radical (unpaired) electrons. The van der Waals surface area contributed by atoms with Crippen molar-refractivity contribution < 1.29 is 42.1 Å². The van der Waals surface area contributed by atoms with Crippen LogP contribution in [0, 0.1) is 11.6 Å². The van der Waals surface area contributed by atoms with Crippen LogP contribution in [-0.2, 0) is 21.4 Å². The molecule has 248 valence electrons. The Bertz CT molecular complexity index is 1870. The highest BCUT2D eigenvalue weighted by atomic mass is 32.2. The van der Waals surface area contributed by atoms with Gasteiger partial charge in [0.1, 0.15) is 17.3 Å². The number of nitrogens with zero attached hydrogens (tertiary/aromatic N) is 1. The molecule has 2 atom stereocenters. The van der Waals surface area contributed by atoms with Crippen LogP contribution in [0.5, 0.6) is 0 Å². The Morgan fingerprint density at radius 1 is 0.894 bits per heavy atom. The third kappa shape index (κ3) is 8.77. The van der Waals surface area contributed by atoms with Gasteiger partial charge in [0.25, 0.3) is 5.91 Å². The zero-order chi connectivity index (χ0) is 34.5. The normalized spacial score (nSPS) is 13.2. The molecule has 0 aliphatic carbocycles. The number of primary sulfonamides is 1. The van der Waals surface area contributed by atoms with Crippen LogP contribution in [0.25, 0.3) is 28.3 Å². The van der Waals surface area contributed by atoms with Crippen LogP contribution in [0.2, 0.25) is 0 Å². The minimum absolute atomic E-state index is 0.00704. The van der Waals surface area contributed by atoms with Gasteiger partial charge >= 0.3 is 5.97 Å². The van der Waals surface area contributed by atoms with Gasteiger partial charge in [-0.25, -0.2) is 22.3 Å². The third-order valence-corrected chi connectivity index (χ3v) is 8.27. The summed E-state index contributed by atoms with van der Waals surface area (Å²) in [6, 6.07) is 16.4. The number of benzene rings is 3. The predicted molar refractivity (Wildman–Crippen MR) is 173 cm³/mol. The summed E-state index contributed by atoms with van der Waals surface area (Å²) in [5, 5.41) is 37.8. The van der Waals surface area contributed by atoms with Crippen LogP contribution in [0.4, 0.5) is 8.78 Å². The second kappa shape index (κ2) is 14.8. The highest BCUT2D eigenvalue weighted by Gasteiger charge is 2.29. The van der Waals surface area contributed by atoms with Crippen molar-refractivity contribution in [3.63, 3.8) is 0 Å². The number of aromatic nitrogens is 1. The van der Waals surface area contributed by atoms with Crippen LogP contribution >= 0.6 is 0 Å². The minimum atomic E-state index is -3.91. The molecule has 3 aromatic carbocycles. The van der Waals surface area contributed by atoms with Crippen molar-refractivity contribution in [1.29, 1.82) is 0 Å². The fourth-order valence-corrected chi connectivity index (χ4v) is 5.76. The molecule has 0 bridgehead atoms. The van der Waals surface area contributed by atoms with E-state index in [2.05, 4.69) is 5.32 Å². The Morgan fingerprint density at radius 2 is 1.43 bits per heavy atom. The number of aliphatic hydroxyl groups excluding tert-OH is 2. The number of nitrogens with two attached hydrogens (primary N) is 1. The first-order valence-electron chi connectivity index (χ1n) is 14.6. The van der Waals surface area contributed by atoms with Crippen molar-refractivity contribution in [2.75, 3.05) is 0 Å². The summed E-state index contributed by atoms with van der Waals surface area (Å²) < 4.78 is 53.2. The van der Waals surface area contributed by atoms with E-state index in [4.69, 9.17) is 10.2 Å². The van der Waals surface area contributed by atoms with Gasteiger partial charge in [0.05, 0.1) is 23.5 Å². The van der Waals surface area contributed by atoms with E-state index in [1.54, 1.807) is 10.6 Å². The van der Waals surface area contributed by atoms with Gasteiger partial charge in [0.2, 0.25) is 10.0 Å². The maximum absolute atomic E-state index is 14.1. The number of sulfonamides is 1. The summed E-state index contributed by atoms with van der Waals surface area (Å²) >= 11 is 0. The predicted octanol–water partition coefficient (Wildman–Crippen LogP) is 4.86. The second-order valence-corrected chi connectivity index (χ2v) is 12.8. The summed E-state index contributed by atoms with van der Waals surface area (Å²) in [6.45, 7) is 3.67. The lowest BCUT2D eigenvalue weighted by molar-refractivity contribution is -0.139. The lowest BCUT2D eigenvalue weighted by atomic mass is 9.94. The molecule has 13 heteroatoms. The number of hydrogen-bond acceptors (Lipinski definition) is 6. The molecule has 4 aromatic rings. The number of carbonyl (C=O) groups is 2. The van der Waals surface area contributed by atoms with Crippen LogP contribution in [0.15, 0.2) is 83.8 Å². The Balaban J connectivity index is 1.89. The number of halogens is 2. The number of carboxylic acid groups (broad SMARTS) is 1. The molecule has 0 fully saturated rings. The number of carbonyl (C=O) groups excluding carboxylic acids is 1. The fourth-order valence-electron chi connectivity index (χ4n) is 5.24. The van der Waals surface area contributed by atoms with Gasteiger partial charge in [-0.3, -0.25) is 9.59 Å². The van der Waals surface area contributed by atoms with Gasteiger partial charge in [-0.15, -0.1) is 0 Å². The van der Waals surface area contributed by atoms with Crippen LogP contribution in [-0.4, -0.2) is 52.4 Å². The van der Waals surface area contributed by atoms with E-state index >= 15 is 0 Å². The smallest absolute Gasteiger partial charge is 0.305 e. The van der Waals surface area contributed by atoms with Crippen molar-refractivity contribution in [3.8, 4) is 22.3 Å². The summed E-state index contributed by atoms with van der Waals surface area (Å²) in [6.07, 6.45) is -0.469. The van der Waals surface area contributed by atoms with Crippen molar-refractivity contribution >= 4 is 28.0 Å². The molecule has 0 aliphatic rings. The first-order chi connectivity index (χ1) is 22.1. The van der Waals surface area contributed by atoms with Gasteiger partial charge in [-0.1, -0.05) is 42.5 Å². The molecule has 0 aliphatic heterocycles. The van der Waals surface area contributed by atoms with Gasteiger partial charge in [-0.2, -0.15) is 0 Å². The summed E-state index contributed by atoms with van der Waals surface area (Å²) in [5.74, 6) is -2.75.